The van der Waals surface area contributed by atoms with Gasteiger partial charge < -0.3 is 14.2 Å². The lowest BCUT2D eigenvalue weighted by Gasteiger charge is -2.12. The molecule has 0 saturated heterocycles. The molecule has 26 heavy (non-hydrogen) atoms. The number of hydrogen-bond donors (Lipinski definition) is 1. The average molecular weight is 377 g/mol. The number of aryl methyl sites for hydroxylation is 1. The van der Waals surface area contributed by atoms with E-state index >= 15 is 0 Å². The van der Waals surface area contributed by atoms with Gasteiger partial charge in [-0.25, -0.2) is 5.43 Å². The smallest absolute Gasteiger partial charge is 0.277 e. The summed E-state index contributed by atoms with van der Waals surface area (Å²) in [5.41, 5.74) is 4.85. The van der Waals surface area contributed by atoms with Gasteiger partial charge in [0.05, 0.1) is 20.4 Å². The molecule has 1 N–H and O–H groups in total. The van der Waals surface area contributed by atoms with Gasteiger partial charge in [0.15, 0.2) is 6.61 Å². The van der Waals surface area contributed by atoms with Gasteiger partial charge in [0, 0.05) is 16.1 Å². The van der Waals surface area contributed by atoms with Crippen LogP contribution in [0.5, 0.6) is 17.2 Å². The van der Waals surface area contributed by atoms with Crippen molar-refractivity contribution in [1.82, 2.24) is 5.43 Å². The van der Waals surface area contributed by atoms with Crippen molar-refractivity contribution in [2.75, 3.05) is 20.8 Å². The monoisotopic (exact) mass is 376 g/mol. The highest BCUT2D eigenvalue weighted by molar-refractivity contribution is 6.30. The zero-order chi connectivity index (χ0) is 19.1. The fraction of sp³-hybridized carbons (Fsp3) is 0.263. The quantitative estimate of drug-likeness (QED) is 0.593. The average Bonchev–Trinajstić information content (AvgIpc) is 2.61. The fourth-order valence-corrected chi connectivity index (χ4v) is 2.64. The van der Waals surface area contributed by atoms with Crippen LogP contribution in [0.1, 0.15) is 16.7 Å². The summed E-state index contributed by atoms with van der Waals surface area (Å²) in [6.07, 6.45) is 1.51. The molecule has 0 atom stereocenters. The number of hydrogen-bond acceptors (Lipinski definition) is 5. The number of methoxy groups -OCH3 is 2. The van der Waals surface area contributed by atoms with Crippen LogP contribution in [0.3, 0.4) is 0 Å². The highest BCUT2D eigenvalue weighted by atomic mass is 35.5. The third-order valence-corrected chi connectivity index (χ3v) is 3.93. The molecule has 2 aromatic carbocycles. The highest BCUT2D eigenvalue weighted by Gasteiger charge is 2.10. The van der Waals surface area contributed by atoms with Crippen molar-refractivity contribution in [3.8, 4) is 17.2 Å². The summed E-state index contributed by atoms with van der Waals surface area (Å²) in [5.74, 6) is 1.57. The normalized spacial score (nSPS) is 10.7. The Morgan fingerprint density at radius 1 is 1.15 bits per heavy atom. The maximum Gasteiger partial charge on any atom is 0.277 e. The Kier molecular flexibility index (Phi) is 6.86. The van der Waals surface area contributed by atoms with Crippen LogP contribution >= 0.6 is 11.6 Å². The van der Waals surface area contributed by atoms with Gasteiger partial charge in [-0.1, -0.05) is 11.6 Å². The van der Waals surface area contributed by atoms with E-state index in [0.29, 0.717) is 16.5 Å². The van der Waals surface area contributed by atoms with Crippen molar-refractivity contribution in [1.29, 1.82) is 0 Å². The largest absolute Gasteiger partial charge is 0.496 e. The van der Waals surface area contributed by atoms with Crippen LogP contribution in [-0.4, -0.2) is 32.9 Å². The summed E-state index contributed by atoms with van der Waals surface area (Å²) in [6, 6.07) is 8.81. The summed E-state index contributed by atoms with van der Waals surface area (Å²) in [7, 11) is 3.16. The van der Waals surface area contributed by atoms with E-state index in [1.165, 1.54) is 6.21 Å². The number of nitrogens with one attached hydrogen (secondary N) is 1. The molecule has 0 fully saturated rings. The third kappa shape index (κ3) is 4.89. The van der Waals surface area contributed by atoms with Crippen LogP contribution < -0.4 is 19.6 Å². The number of rotatable bonds is 7. The van der Waals surface area contributed by atoms with E-state index in [-0.39, 0.29) is 12.5 Å². The van der Waals surface area contributed by atoms with Gasteiger partial charge in [0.25, 0.3) is 5.91 Å². The second kappa shape index (κ2) is 9.10. The topological polar surface area (TPSA) is 69.2 Å². The van der Waals surface area contributed by atoms with Crippen LogP contribution in [0.4, 0.5) is 0 Å². The van der Waals surface area contributed by atoms with E-state index in [1.54, 1.807) is 38.5 Å². The molecule has 0 unspecified atom stereocenters. The van der Waals surface area contributed by atoms with E-state index in [9.17, 15) is 4.79 Å². The fourth-order valence-electron chi connectivity index (χ4n) is 2.41. The second-order valence-electron chi connectivity index (χ2n) is 5.51. The Labute approximate surface area is 157 Å². The van der Waals surface area contributed by atoms with Crippen molar-refractivity contribution in [3.05, 3.63) is 52.0 Å². The van der Waals surface area contributed by atoms with E-state index in [1.807, 2.05) is 19.9 Å². The van der Waals surface area contributed by atoms with Crippen LogP contribution in [0.2, 0.25) is 5.02 Å². The van der Waals surface area contributed by atoms with Crippen LogP contribution in [0.25, 0.3) is 0 Å². The van der Waals surface area contributed by atoms with Gasteiger partial charge >= 0.3 is 0 Å². The lowest BCUT2D eigenvalue weighted by atomic mass is 10.1. The van der Waals surface area contributed by atoms with E-state index in [4.69, 9.17) is 25.8 Å². The predicted octanol–water partition coefficient (Wildman–Crippen LogP) is 3.50. The molecule has 7 heteroatoms. The Balaban J connectivity index is 1.95. The molecular formula is C19H21ClN2O4. The molecule has 0 heterocycles. The molecule has 2 aromatic rings. The van der Waals surface area contributed by atoms with Crippen LogP contribution in [-0.2, 0) is 4.79 Å². The summed E-state index contributed by atoms with van der Waals surface area (Å²) < 4.78 is 16.1. The van der Waals surface area contributed by atoms with Gasteiger partial charge in [0.1, 0.15) is 17.2 Å². The standard InChI is InChI=1S/C19H21ClN2O4/c1-12-9-15(20)6-8-16(12)26-11-18(23)22-21-10-14-5-7-17(24-3)13(2)19(14)25-4/h5-10H,11H2,1-4H3,(H,22,23). The first-order valence-electron chi connectivity index (χ1n) is 7.88. The Morgan fingerprint density at radius 2 is 1.88 bits per heavy atom. The van der Waals surface area contributed by atoms with E-state index in [0.717, 1.165) is 22.4 Å². The maximum atomic E-state index is 11.9. The lowest BCUT2D eigenvalue weighted by Crippen LogP contribution is -2.24. The van der Waals surface area contributed by atoms with Gasteiger partial charge in [0.2, 0.25) is 0 Å². The minimum Gasteiger partial charge on any atom is -0.496 e. The molecule has 1 amide bonds. The van der Waals surface area contributed by atoms with Crippen molar-refractivity contribution >= 4 is 23.7 Å². The predicted molar refractivity (Wildman–Crippen MR) is 102 cm³/mol. The zero-order valence-electron chi connectivity index (χ0n) is 15.1. The minimum atomic E-state index is -0.375. The number of carbonyl (C=O) groups excluding carboxylic acids is 1. The number of halogens is 1. The highest BCUT2D eigenvalue weighted by Crippen LogP contribution is 2.30. The zero-order valence-corrected chi connectivity index (χ0v) is 15.9. The first kappa shape index (κ1) is 19.6. The number of carbonyl (C=O) groups is 1. The van der Waals surface area contributed by atoms with Crippen LogP contribution in [0, 0.1) is 13.8 Å². The van der Waals surface area contributed by atoms with E-state index < -0.39 is 0 Å². The minimum absolute atomic E-state index is 0.154. The van der Waals surface area contributed by atoms with Gasteiger partial charge in [-0.2, -0.15) is 5.10 Å². The van der Waals surface area contributed by atoms with Gasteiger partial charge in [-0.3, -0.25) is 4.79 Å². The van der Waals surface area contributed by atoms with E-state index in [2.05, 4.69) is 10.5 Å². The van der Waals surface area contributed by atoms with Crippen molar-refractivity contribution in [3.63, 3.8) is 0 Å². The summed E-state index contributed by atoms with van der Waals surface area (Å²) in [5, 5.41) is 4.57. The molecule has 0 spiro atoms. The second-order valence-corrected chi connectivity index (χ2v) is 5.94. The Hall–Kier alpha value is -2.73. The molecular weight excluding hydrogens is 356 g/mol. The van der Waals surface area contributed by atoms with Crippen molar-refractivity contribution < 1.29 is 19.0 Å². The number of benzene rings is 2. The number of ether oxygens (including phenoxy) is 3. The third-order valence-electron chi connectivity index (χ3n) is 3.70. The Bertz CT molecular complexity index is 821. The molecule has 0 aliphatic carbocycles. The van der Waals surface area contributed by atoms with Crippen molar-refractivity contribution in [2.45, 2.75) is 13.8 Å². The molecule has 0 bridgehead atoms. The number of hydrazone groups is 1. The van der Waals surface area contributed by atoms with Gasteiger partial charge in [-0.15, -0.1) is 0 Å². The van der Waals surface area contributed by atoms with Crippen LogP contribution in [0.15, 0.2) is 35.4 Å². The summed E-state index contributed by atoms with van der Waals surface area (Å²) >= 11 is 5.89. The number of amides is 1. The first-order chi connectivity index (χ1) is 12.5. The molecule has 6 nitrogen and oxygen atoms in total. The number of nitrogens with zero attached hydrogens (tertiary/aromatic N) is 1. The molecule has 0 aliphatic heterocycles. The Morgan fingerprint density at radius 3 is 2.54 bits per heavy atom. The lowest BCUT2D eigenvalue weighted by molar-refractivity contribution is -0.123. The molecule has 0 aliphatic rings. The molecule has 0 saturated carbocycles. The maximum absolute atomic E-state index is 11.9. The summed E-state index contributed by atoms with van der Waals surface area (Å²) in [6.45, 7) is 3.59. The van der Waals surface area contributed by atoms with Crippen molar-refractivity contribution in [2.24, 2.45) is 5.10 Å². The molecule has 138 valence electrons. The molecule has 0 aromatic heterocycles. The first-order valence-corrected chi connectivity index (χ1v) is 8.26. The summed E-state index contributed by atoms with van der Waals surface area (Å²) in [4.78, 5) is 11.9. The molecule has 2 rings (SSSR count). The molecule has 0 radical (unpaired) electrons. The van der Waals surface area contributed by atoms with Gasteiger partial charge in [-0.05, 0) is 49.7 Å². The SMILES string of the molecule is COc1ccc(C=NNC(=O)COc2ccc(Cl)cc2C)c(OC)c1C.